The van der Waals surface area contributed by atoms with E-state index in [-0.39, 0.29) is 13.2 Å². The molecule has 0 amide bonds. The molecule has 0 aliphatic rings. The van der Waals surface area contributed by atoms with E-state index < -0.39 is 5.60 Å². The van der Waals surface area contributed by atoms with E-state index in [4.69, 9.17) is 5.11 Å². The smallest absolute Gasteiger partial charge is 0.147 e. The molecule has 0 fully saturated rings. The molecule has 1 atom stereocenters. The van der Waals surface area contributed by atoms with Crippen molar-refractivity contribution in [2.45, 2.75) is 12.2 Å². The van der Waals surface area contributed by atoms with Gasteiger partial charge in [-0.3, -0.25) is 0 Å². The Kier molecular flexibility index (Phi) is 3.41. The number of rotatable bonds is 4. The van der Waals surface area contributed by atoms with Gasteiger partial charge in [0.05, 0.1) is 13.2 Å². The maximum Gasteiger partial charge on any atom is 0.147 e. The van der Waals surface area contributed by atoms with Gasteiger partial charge in [-0.25, -0.2) is 0 Å². The minimum absolute atomic E-state index is 0.0458. The van der Waals surface area contributed by atoms with Crippen LogP contribution in [-0.4, -0.2) is 21.9 Å². The minimum atomic E-state index is -1.35. The zero-order valence-electron chi connectivity index (χ0n) is 8.46. The fourth-order valence-corrected chi connectivity index (χ4v) is 3.19. The lowest BCUT2D eigenvalue weighted by Crippen LogP contribution is -2.29. The first-order chi connectivity index (χ1) is 7.70. The van der Waals surface area contributed by atoms with Crippen LogP contribution in [0, 0.1) is 0 Å². The maximum absolute atomic E-state index is 10.4. The number of thiophene rings is 2. The first kappa shape index (κ1) is 11.8. The predicted octanol–water partition coefficient (Wildman–Crippen LogP) is 1.53. The summed E-state index contributed by atoms with van der Waals surface area (Å²) in [7, 11) is 0. The van der Waals surface area contributed by atoms with Crippen LogP contribution in [0.3, 0.4) is 0 Å². The summed E-state index contributed by atoms with van der Waals surface area (Å²) in [5.74, 6) is 0. The van der Waals surface area contributed by atoms with Crippen LogP contribution in [-0.2, 0) is 12.2 Å². The van der Waals surface area contributed by atoms with E-state index in [0.717, 1.165) is 4.88 Å². The number of aliphatic hydroxyl groups is 3. The van der Waals surface area contributed by atoms with Crippen molar-refractivity contribution in [1.82, 2.24) is 0 Å². The molecule has 1 unspecified atom stereocenters. The van der Waals surface area contributed by atoms with Crippen LogP contribution in [0.5, 0.6) is 0 Å². The molecule has 2 aromatic heterocycles. The van der Waals surface area contributed by atoms with Crippen molar-refractivity contribution in [2.24, 2.45) is 0 Å². The third-order valence-electron chi connectivity index (χ3n) is 2.45. The molecule has 0 saturated carbocycles. The summed E-state index contributed by atoms with van der Waals surface area (Å²) in [6.45, 7) is -0.412. The lowest BCUT2D eigenvalue weighted by Gasteiger charge is -2.23. The molecule has 0 bridgehead atoms. The third-order valence-corrected chi connectivity index (χ3v) is 4.36. The zero-order valence-corrected chi connectivity index (χ0v) is 10.1. The summed E-state index contributed by atoms with van der Waals surface area (Å²) in [6, 6.07) is 5.29. The maximum atomic E-state index is 10.4. The second-order valence-corrected chi connectivity index (χ2v) is 5.40. The van der Waals surface area contributed by atoms with E-state index >= 15 is 0 Å². The normalized spacial score (nSPS) is 14.9. The van der Waals surface area contributed by atoms with Gasteiger partial charge in [0.15, 0.2) is 0 Å². The van der Waals surface area contributed by atoms with Crippen LogP contribution >= 0.6 is 22.7 Å². The second kappa shape index (κ2) is 4.65. The monoisotopic (exact) mass is 256 g/mol. The Labute approximate surface area is 101 Å². The van der Waals surface area contributed by atoms with E-state index in [1.54, 1.807) is 18.2 Å². The quantitative estimate of drug-likeness (QED) is 0.777. The molecule has 0 aliphatic heterocycles. The van der Waals surface area contributed by atoms with E-state index in [2.05, 4.69) is 0 Å². The number of hydrogen-bond donors (Lipinski definition) is 3. The van der Waals surface area contributed by atoms with Crippen LogP contribution in [0.1, 0.15) is 15.3 Å². The Morgan fingerprint density at radius 2 is 2.00 bits per heavy atom. The molecule has 3 nitrogen and oxygen atoms in total. The van der Waals surface area contributed by atoms with E-state index in [1.807, 2.05) is 10.8 Å². The first-order valence-electron chi connectivity index (χ1n) is 4.76. The summed E-state index contributed by atoms with van der Waals surface area (Å²) >= 11 is 2.78. The van der Waals surface area contributed by atoms with E-state index in [1.165, 1.54) is 22.7 Å². The molecule has 2 rings (SSSR count). The lowest BCUT2D eigenvalue weighted by atomic mass is 9.96. The van der Waals surface area contributed by atoms with Crippen LogP contribution in [0.15, 0.2) is 29.0 Å². The van der Waals surface area contributed by atoms with Gasteiger partial charge in [-0.1, -0.05) is 0 Å². The summed E-state index contributed by atoms with van der Waals surface area (Å²) < 4.78 is 0. The number of hydrogen-bond acceptors (Lipinski definition) is 5. The van der Waals surface area contributed by atoms with Crippen molar-refractivity contribution in [3.63, 3.8) is 0 Å². The summed E-state index contributed by atoms with van der Waals surface area (Å²) in [4.78, 5) is 1.43. The highest BCUT2D eigenvalue weighted by atomic mass is 32.1. The fraction of sp³-hybridized carbons (Fsp3) is 0.273. The highest BCUT2D eigenvalue weighted by Gasteiger charge is 2.32. The number of aliphatic hydroxyl groups excluding tert-OH is 2. The van der Waals surface area contributed by atoms with Crippen LogP contribution in [0.4, 0.5) is 0 Å². The molecule has 2 heterocycles. The van der Waals surface area contributed by atoms with Crippen LogP contribution in [0.2, 0.25) is 0 Å². The molecule has 86 valence electrons. The predicted molar refractivity (Wildman–Crippen MR) is 64.6 cm³/mol. The summed E-state index contributed by atoms with van der Waals surface area (Å²) in [5, 5.41) is 32.5. The third kappa shape index (κ3) is 1.92. The van der Waals surface area contributed by atoms with Gasteiger partial charge < -0.3 is 15.3 Å². The molecule has 0 saturated heterocycles. The summed E-state index contributed by atoms with van der Waals surface area (Å²) in [5.41, 5.74) is -0.663. The van der Waals surface area contributed by atoms with Crippen LogP contribution in [0.25, 0.3) is 0 Å². The van der Waals surface area contributed by atoms with Gasteiger partial charge in [-0.15, -0.1) is 11.3 Å². The molecule has 3 N–H and O–H groups in total. The van der Waals surface area contributed by atoms with Crippen molar-refractivity contribution in [3.8, 4) is 0 Å². The second-order valence-electron chi connectivity index (χ2n) is 3.45. The molecule has 16 heavy (non-hydrogen) atoms. The van der Waals surface area contributed by atoms with Crippen LogP contribution < -0.4 is 0 Å². The average Bonchev–Trinajstić information content (AvgIpc) is 2.98. The van der Waals surface area contributed by atoms with Crippen molar-refractivity contribution in [1.29, 1.82) is 0 Å². The van der Waals surface area contributed by atoms with Gasteiger partial charge in [0.1, 0.15) is 5.60 Å². The van der Waals surface area contributed by atoms with Crippen molar-refractivity contribution in [2.75, 3.05) is 6.61 Å². The Morgan fingerprint density at radius 3 is 2.50 bits per heavy atom. The van der Waals surface area contributed by atoms with Crippen molar-refractivity contribution >= 4 is 22.7 Å². The van der Waals surface area contributed by atoms with Crippen molar-refractivity contribution in [3.05, 3.63) is 44.3 Å². The first-order valence-corrected chi connectivity index (χ1v) is 6.52. The Morgan fingerprint density at radius 1 is 1.19 bits per heavy atom. The average molecular weight is 256 g/mol. The SMILES string of the molecule is OCc1ccc(C(O)(CO)c2ccsc2)s1. The zero-order chi connectivity index (χ0) is 11.6. The fourth-order valence-electron chi connectivity index (χ4n) is 1.50. The molecule has 0 spiro atoms. The largest absolute Gasteiger partial charge is 0.393 e. The Balaban J connectivity index is 2.41. The molecule has 2 aromatic rings. The van der Waals surface area contributed by atoms with Gasteiger partial charge in [-0.05, 0) is 29.0 Å². The molecular formula is C11H12O3S2. The highest BCUT2D eigenvalue weighted by molar-refractivity contribution is 7.12. The topological polar surface area (TPSA) is 60.7 Å². The van der Waals surface area contributed by atoms with E-state index in [0.29, 0.717) is 10.4 Å². The standard InChI is InChI=1S/C11H12O3S2/c12-5-9-1-2-10(16-9)11(14,7-13)8-3-4-15-6-8/h1-4,6,12-14H,5,7H2. The molecule has 5 heteroatoms. The highest BCUT2D eigenvalue weighted by Crippen LogP contribution is 2.35. The Bertz CT molecular complexity index is 450. The van der Waals surface area contributed by atoms with Crippen molar-refractivity contribution < 1.29 is 15.3 Å². The van der Waals surface area contributed by atoms with Gasteiger partial charge in [0.2, 0.25) is 0 Å². The van der Waals surface area contributed by atoms with Gasteiger partial charge >= 0.3 is 0 Å². The lowest BCUT2D eigenvalue weighted by molar-refractivity contribution is 0.0207. The van der Waals surface area contributed by atoms with Gasteiger partial charge in [0, 0.05) is 15.3 Å². The van der Waals surface area contributed by atoms with E-state index in [9.17, 15) is 10.2 Å². The molecular weight excluding hydrogens is 244 g/mol. The minimum Gasteiger partial charge on any atom is -0.393 e. The van der Waals surface area contributed by atoms with Gasteiger partial charge in [-0.2, -0.15) is 11.3 Å². The molecule has 0 radical (unpaired) electrons. The molecule has 0 aliphatic carbocycles. The molecule has 0 aromatic carbocycles. The van der Waals surface area contributed by atoms with Gasteiger partial charge in [0.25, 0.3) is 0 Å². The summed E-state index contributed by atoms with van der Waals surface area (Å²) in [6.07, 6.45) is 0. The Hall–Kier alpha value is -0.720.